The quantitative estimate of drug-likeness (QED) is 0.897. The van der Waals surface area contributed by atoms with Gasteiger partial charge in [0.25, 0.3) is 0 Å². The second kappa shape index (κ2) is 6.63. The van der Waals surface area contributed by atoms with E-state index in [0.717, 1.165) is 31.1 Å². The van der Waals surface area contributed by atoms with E-state index in [9.17, 15) is 4.39 Å². The monoisotopic (exact) mass is 344 g/mol. The number of rotatable bonds is 3. The summed E-state index contributed by atoms with van der Waals surface area (Å²) in [5.74, 6) is -0.229. The van der Waals surface area contributed by atoms with E-state index in [2.05, 4.69) is 10.2 Å². The molecule has 21 heavy (non-hydrogen) atoms. The van der Waals surface area contributed by atoms with Crippen LogP contribution in [0.3, 0.4) is 0 Å². The second-order valence-electron chi connectivity index (χ2n) is 5.00. The lowest BCUT2D eigenvalue weighted by Gasteiger charge is -2.35. The van der Waals surface area contributed by atoms with E-state index in [1.54, 1.807) is 12.1 Å². The molecule has 1 atom stereocenters. The Hall–Kier alpha value is -0.650. The van der Waals surface area contributed by atoms with E-state index in [0.29, 0.717) is 14.9 Å². The normalized spacial score (nSPS) is 17.9. The summed E-state index contributed by atoms with van der Waals surface area (Å²) in [6, 6.07) is 8.43. The Kier molecular flexibility index (Phi) is 4.82. The van der Waals surface area contributed by atoms with Crippen molar-refractivity contribution in [2.24, 2.45) is 0 Å². The van der Waals surface area contributed by atoms with Gasteiger partial charge in [0.05, 0.1) is 10.4 Å². The Morgan fingerprint density at radius 2 is 1.90 bits per heavy atom. The van der Waals surface area contributed by atoms with Gasteiger partial charge in [-0.1, -0.05) is 23.2 Å². The highest BCUT2D eigenvalue weighted by molar-refractivity contribution is 7.16. The molecule has 2 heterocycles. The first kappa shape index (κ1) is 15.3. The Balaban J connectivity index is 2.04. The summed E-state index contributed by atoms with van der Waals surface area (Å²) in [5, 5.41) is 3.87. The summed E-state index contributed by atoms with van der Waals surface area (Å²) in [6.07, 6.45) is 0. The summed E-state index contributed by atoms with van der Waals surface area (Å²) in [7, 11) is 0. The van der Waals surface area contributed by atoms with Crippen LogP contribution >= 0.6 is 34.5 Å². The molecule has 1 N–H and O–H groups in total. The van der Waals surface area contributed by atoms with Crippen molar-refractivity contribution >= 4 is 34.5 Å². The molecule has 0 radical (unpaired) electrons. The molecule has 0 spiro atoms. The molecule has 2 aromatic rings. The molecular weight excluding hydrogens is 330 g/mol. The van der Waals surface area contributed by atoms with Crippen LogP contribution < -0.4 is 5.32 Å². The molecule has 0 unspecified atom stereocenters. The van der Waals surface area contributed by atoms with Gasteiger partial charge in [-0.2, -0.15) is 0 Å². The molecular formula is C15H15Cl2FN2S. The minimum atomic E-state index is -0.229. The van der Waals surface area contributed by atoms with E-state index in [4.69, 9.17) is 23.2 Å². The summed E-state index contributed by atoms with van der Waals surface area (Å²) < 4.78 is 15.1. The standard InChI is InChI=1S/C15H15Cl2FN2S/c16-10-1-2-12(18)11(9-10)15(13-3-4-14(17)21-13)20-7-5-19-6-8-20/h1-4,9,15,19H,5-8H2/t15-/m1/s1. The van der Waals surface area contributed by atoms with Crippen LogP contribution in [0, 0.1) is 5.82 Å². The molecule has 1 aromatic carbocycles. The van der Waals surface area contributed by atoms with Crippen LogP contribution in [0.1, 0.15) is 16.5 Å². The zero-order valence-electron chi connectivity index (χ0n) is 11.3. The Labute approximate surface area is 137 Å². The summed E-state index contributed by atoms with van der Waals surface area (Å²) in [4.78, 5) is 3.32. The molecule has 0 amide bonds. The van der Waals surface area contributed by atoms with Crippen LogP contribution in [0.15, 0.2) is 30.3 Å². The van der Waals surface area contributed by atoms with Gasteiger partial charge < -0.3 is 5.32 Å². The number of hydrogen-bond donors (Lipinski definition) is 1. The van der Waals surface area contributed by atoms with E-state index in [1.165, 1.54) is 17.4 Å². The molecule has 1 aromatic heterocycles. The third kappa shape index (κ3) is 3.41. The number of nitrogens with one attached hydrogen (secondary N) is 1. The van der Waals surface area contributed by atoms with Gasteiger partial charge >= 0.3 is 0 Å². The van der Waals surface area contributed by atoms with Crippen molar-refractivity contribution in [2.75, 3.05) is 26.2 Å². The maximum absolute atomic E-state index is 14.3. The lowest BCUT2D eigenvalue weighted by molar-refractivity contribution is 0.197. The Bertz CT molecular complexity index is 626. The summed E-state index contributed by atoms with van der Waals surface area (Å²) >= 11 is 13.6. The maximum atomic E-state index is 14.3. The van der Waals surface area contributed by atoms with Crippen molar-refractivity contribution in [3.63, 3.8) is 0 Å². The van der Waals surface area contributed by atoms with Gasteiger partial charge in [0, 0.05) is 41.6 Å². The van der Waals surface area contributed by atoms with Crippen molar-refractivity contribution in [3.05, 3.63) is 55.9 Å². The van der Waals surface area contributed by atoms with Gasteiger partial charge in [-0.15, -0.1) is 11.3 Å². The van der Waals surface area contributed by atoms with Crippen molar-refractivity contribution < 1.29 is 4.39 Å². The third-order valence-electron chi connectivity index (χ3n) is 3.63. The van der Waals surface area contributed by atoms with Crippen molar-refractivity contribution in [2.45, 2.75) is 6.04 Å². The van der Waals surface area contributed by atoms with E-state index >= 15 is 0 Å². The molecule has 6 heteroatoms. The van der Waals surface area contributed by atoms with Crippen molar-refractivity contribution in [1.29, 1.82) is 0 Å². The third-order valence-corrected chi connectivity index (χ3v) is 5.15. The average Bonchev–Trinajstić information content (AvgIpc) is 2.90. The topological polar surface area (TPSA) is 15.3 Å². The summed E-state index contributed by atoms with van der Waals surface area (Å²) in [5.41, 5.74) is 0.614. The number of hydrogen-bond acceptors (Lipinski definition) is 3. The predicted octanol–water partition coefficient (Wildman–Crippen LogP) is 4.19. The number of halogens is 3. The van der Waals surface area contributed by atoms with Crippen LogP contribution in [-0.2, 0) is 0 Å². The highest BCUT2D eigenvalue weighted by Gasteiger charge is 2.27. The van der Waals surface area contributed by atoms with Crippen LogP contribution in [0.2, 0.25) is 9.36 Å². The van der Waals surface area contributed by atoms with E-state index < -0.39 is 0 Å². The first-order valence-corrected chi connectivity index (χ1v) is 8.37. The fourth-order valence-electron chi connectivity index (χ4n) is 2.67. The molecule has 2 nitrogen and oxygen atoms in total. The second-order valence-corrected chi connectivity index (χ2v) is 7.18. The highest BCUT2D eigenvalue weighted by atomic mass is 35.5. The molecule has 3 rings (SSSR count). The zero-order chi connectivity index (χ0) is 14.8. The minimum absolute atomic E-state index is 0.136. The predicted molar refractivity (Wildman–Crippen MR) is 87.0 cm³/mol. The molecule has 0 aliphatic carbocycles. The smallest absolute Gasteiger partial charge is 0.128 e. The zero-order valence-corrected chi connectivity index (χ0v) is 13.6. The fraction of sp³-hybridized carbons (Fsp3) is 0.333. The molecule has 0 saturated carbocycles. The lowest BCUT2D eigenvalue weighted by atomic mass is 10.0. The SMILES string of the molecule is Fc1ccc(Cl)cc1[C@H](c1ccc(Cl)s1)N1CCNCC1. The van der Waals surface area contributed by atoms with Gasteiger partial charge in [0.15, 0.2) is 0 Å². The summed E-state index contributed by atoms with van der Waals surface area (Å²) in [6.45, 7) is 3.54. The first-order valence-electron chi connectivity index (χ1n) is 6.80. The number of benzene rings is 1. The molecule has 1 fully saturated rings. The maximum Gasteiger partial charge on any atom is 0.128 e. The molecule has 0 bridgehead atoms. The number of nitrogens with zero attached hydrogens (tertiary/aromatic N) is 1. The minimum Gasteiger partial charge on any atom is -0.314 e. The van der Waals surface area contributed by atoms with Crippen LogP contribution in [0.25, 0.3) is 0 Å². The van der Waals surface area contributed by atoms with Gasteiger partial charge in [-0.25, -0.2) is 4.39 Å². The number of thiophene rings is 1. The largest absolute Gasteiger partial charge is 0.314 e. The number of piperazine rings is 1. The molecule has 112 valence electrons. The first-order chi connectivity index (χ1) is 10.1. The molecule has 1 aliphatic rings. The van der Waals surface area contributed by atoms with Crippen LogP contribution in [0.5, 0.6) is 0 Å². The van der Waals surface area contributed by atoms with Crippen LogP contribution in [0.4, 0.5) is 4.39 Å². The lowest BCUT2D eigenvalue weighted by Crippen LogP contribution is -2.45. The molecule has 1 aliphatic heterocycles. The average molecular weight is 345 g/mol. The molecule has 1 saturated heterocycles. The van der Waals surface area contributed by atoms with Gasteiger partial charge in [0.1, 0.15) is 5.82 Å². The van der Waals surface area contributed by atoms with Gasteiger partial charge in [-0.3, -0.25) is 4.90 Å². The highest BCUT2D eigenvalue weighted by Crippen LogP contribution is 2.37. The van der Waals surface area contributed by atoms with E-state index in [-0.39, 0.29) is 11.9 Å². The van der Waals surface area contributed by atoms with Crippen molar-refractivity contribution in [1.82, 2.24) is 10.2 Å². The van der Waals surface area contributed by atoms with Gasteiger partial charge in [-0.05, 0) is 30.3 Å². The van der Waals surface area contributed by atoms with Crippen LogP contribution in [-0.4, -0.2) is 31.1 Å². The van der Waals surface area contributed by atoms with E-state index in [1.807, 2.05) is 12.1 Å². The Morgan fingerprint density at radius 1 is 1.14 bits per heavy atom. The fourth-order valence-corrected chi connectivity index (χ4v) is 4.07. The Morgan fingerprint density at radius 3 is 2.57 bits per heavy atom. The van der Waals surface area contributed by atoms with Gasteiger partial charge in [0.2, 0.25) is 0 Å². The van der Waals surface area contributed by atoms with Crippen molar-refractivity contribution in [3.8, 4) is 0 Å².